The zero-order valence-electron chi connectivity index (χ0n) is 11.7. The Morgan fingerprint density at radius 2 is 2.00 bits per heavy atom. The molecule has 0 bridgehead atoms. The van der Waals surface area contributed by atoms with Gasteiger partial charge in [0.15, 0.2) is 0 Å². The highest BCUT2D eigenvalue weighted by Gasteiger charge is 2.19. The van der Waals surface area contributed by atoms with Gasteiger partial charge in [0.2, 0.25) is 5.91 Å². The van der Waals surface area contributed by atoms with Gasteiger partial charge in [-0.05, 0) is 43.2 Å². The molecule has 0 aliphatic heterocycles. The number of nitrogens with two attached hydrogens (primary N) is 1. The Hall–Kier alpha value is -1.86. The molecule has 2 aromatic rings. The van der Waals surface area contributed by atoms with Gasteiger partial charge < -0.3 is 5.73 Å². The first-order valence-corrected chi connectivity index (χ1v) is 8.66. The summed E-state index contributed by atoms with van der Waals surface area (Å²) in [6.45, 7) is 3.62. The van der Waals surface area contributed by atoms with Gasteiger partial charge in [-0.15, -0.1) is 11.3 Å². The molecule has 2 rings (SSSR count). The fourth-order valence-electron chi connectivity index (χ4n) is 1.90. The normalized spacial score (nSPS) is 11.3. The van der Waals surface area contributed by atoms with E-state index in [1.807, 2.05) is 6.92 Å². The van der Waals surface area contributed by atoms with E-state index >= 15 is 0 Å². The van der Waals surface area contributed by atoms with Gasteiger partial charge in [-0.3, -0.25) is 9.52 Å². The highest BCUT2D eigenvalue weighted by molar-refractivity contribution is 7.94. The average molecular weight is 324 g/mol. The van der Waals surface area contributed by atoms with Crippen LogP contribution in [0.4, 0.5) is 5.69 Å². The summed E-state index contributed by atoms with van der Waals surface area (Å²) in [7, 11) is -3.65. The molecule has 0 unspecified atom stereocenters. The average Bonchev–Trinajstić information content (AvgIpc) is 2.90. The lowest BCUT2D eigenvalue weighted by Crippen LogP contribution is -2.16. The minimum Gasteiger partial charge on any atom is -0.366 e. The fraction of sp³-hybridized carbons (Fsp3) is 0.214. The molecule has 112 valence electrons. The fourth-order valence-corrected chi connectivity index (χ4v) is 4.32. The van der Waals surface area contributed by atoms with Gasteiger partial charge in [-0.25, -0.2) is 8.42 Å². The number of hydrogen-bond acceptors (Lipinski definition) is 4. The molecule has 0 spiro atoms. The second kappa shape index (κ2) is 5.87. The van der Waals surface area contributed by atoms with E-state index in [-0.39, 0.29) is 4.21 Å². The predicted molar refractivity (Wildman–Crippen MR) is 84.2 cm³/mol. The maximum absolute atomic E-state index is 12.3. The number of primary amides is 1. The van der Waals surface area contributed by atoms with E-state index in [1.54, 1.807) is 37.3 Å². The number of sulfonamides is 1. The molecule has 0 aliphatic rings. The molecule has 5 nitrogen and oxygen atoms in total. The molecular formula is C14H16N2O3S2. The first-order valence-electron chi connectivity index (χ1n) is 6.36. The summed E-state index contributed by atoms with van der Waals surface area (Å²) in [5, 5.41) is 0. The topological polar surface area (TPSA) is 89.3 Å². The number of benzene rings is 1. The van der Waals surface area contributed by atoms with Crippen LogP contribution in [0.25, 0.3) is 0 Å². The van der Waals surface area contributed by atoms with Crippen molar-refractivity contribution in [3.63, 3.8) is 0 Å². The van der Waals surface area contributed by atoms with Crippen LogP contribution >= 0.6 is 11.3 Å². The van der Waals surface area contributed by atoms with E-state index in [0.717, 1.165) is 11.3 Å². The van der Waals surface area contributed by atoms with Crippen molar-refractivity contribution < 1.29 is 13.2 Å². The zero-order chi connectivity index (χ0) is 15.6. The number of amides is 1. The first kappa shape index (κ1) is 15.5. The quantitative estimate of drug-likeness (QED) is 0.885. The Labute approximate surface area is 127 Å². The van der Waals surface area contributed by atoms with Crippen molar-refractivity contribution >= 4 is 33.0 Å². The maximum atomic E-state index is 12.3. The second-order valence-electron chi connectivity index (χ2n) is 4.52. The van der Waals surface area contributed by atoms with E-state index in [2.05, 4.69) is 4.72 Å². The second-order valence-corrected chi connectivity index (χ2v) is 7.60. The summed E-state index contributed by atoms with van der Waals surface area (Å²) in [5.41, 5.74) is 6.44. The predicted octanol–water partition coefficient (Wildman–Crippen LogP) is 2.52. The molecule has 0 atom stereocenters. The summed E-state index contributed by atoms with van der Waals surface area (Å²) in [4.78, 5) is 12.3. The van der Waals surface area contributed by atoms with Crippen LogP contribution in [-0.2, 0) is 16.4 Å². The van der Waals surface area contributed by atoms with Crippen molar-refractivity contribution in [2.75, 3.05) is 4.72 Å². The Balaban J connectivity index is 2.37. The lowest BCUT2D eigenvalue weighted by molar-refractivity contribution is 0.0999. The highest BCUT2D eigenvalue weighted by Crippen LogP contribution is 2.26. The van der Waals surface area contributed by atoms with Crippen molar-refractivity contribution in [1.82, 2.24) is 0 Å². The number of carbonyl (C=O) groups is 1. The molecular weight excluding hydrogens is 308 g/mol. The summed E-state index contributed by atoms with van der Waals surface area (Å²) in [5.74, 6) is -0.585. The Bertz CT molecular complexity index is 779. The van der Waals surface area contributed by atoms with Crippen LogP contribution < -0.4 is 10.5 Å². The van der Waals surface area contributed by atoms with Crippen LogP contribution in [-0.4, -0.2) is 14.3 Å². The summed E-state index contributed by atoms with van der Waals surface area (Å²) in [6, 6.07) is 8.14. The van der Waals surface area contributed by atoms with Gasteiger partial charge in [-0.1, -0.05) is 13.0 Å². The Morgan fingerprint density at radius 1 is 1.29 bits per heavy atom. The van der Waals surface area contributed by atoms with Crippen LogP contribution in [0.15, 0.2) is 34.5 Å². The van der Waals surface area contributed by atoms with Gasteiger partial charge in [0, 0.05) is 10.4 Å². The number of rotatable bonds is 5. The van der Waals surface area contributed by atoms with Crippen molar-refractivity contribution in [3.8, 4) is 0 Å². The molecule has 1 heterocycles. The third-order valence-corrected chi connectivity index (χ3v) is 6.18. The van der Waals surface area contributed by atoms with E-state index < -0.39 is 15.9 Å². The van der Waals surface area contributed by atoms with Gasteiger partial charge in [0.25, 0.3) is 10.0 Å². The molecule has 1 aromatic heterocycles. The van der Waals surface area contributed by atoms with Crippen LogP contribution in [0, 0.1) is 6.92 Å². The monoisotopic (exact) mass is 324 g/mol. The van der Waals surface area contributed by atoms with Crippen molar-refractivity contribution in [1.29, 1.82) is 0 Å². The maximum Gasteiger partial charge on any atom is 0.271 e. The first-order chi connectivity index (χ1) is 9.85. The molecule has 1 amide bonds. The molecule has 7 heteroatoms. The molecule has 0 saturated carbocycles. The Kier molecular flexibility index (Phi) is 4.34. The van der Waals surface area contributed by atoms with E-state index in [1.165, 1.54) is 11.3 Å². The smallest absolute Gasteiger partial charge is 0.271 e. The zero-order valence-corrected chi connectivity index (χ0v) is 13.3. The number of aryl methyl sites for hydroxylation is 1. The number of anilines is 1. The minimum absolute atomic E-state index is 0.253. The van der Waals surface area contributed by atoms with E-state index in [9.17, 15) is 13.2 Å². The Morgan fingerprint density at radius 3 is 2.57 bits per heavy atom. The summed E-state index contributed by atoms with van der Waals surface area (Å²) in [6.07, 6.45) is 0.788. The largest absolute Gasteiger partial charge is 0.366 e. The van der Waals surface area contributed by atoms with Crippen LogP contribution in [0.5, 0.6) is 0 Å². The van der Waals surface area contributed by atoms with Gasteiger partial charge in [-0.2, -0.15) is 0 Å². The van der Waals surface area contributed by atoms with Gasteiger partial charge in [0.1, 0.15) is 4.21 Å². The molecule has 0 saturated heterocycles. The standard InChI is InChI=1S/C14H16N2O3S2/c1-3-10-7-8-13(20-10)21(18,19)16-12-6-4-5-11(9(12)2)14(15)17/h4-8,16H,3H2,1-2H3,(H2,15,17). The number of carbonyl (C=O) groups excluding carboxylic acids is 1. The lowest BCUT2D eigenvalue weighted by Gasteiger charge is -2.11. The minimum atomic E-state index is -3.65. The number of nitrogens with one attached hydrogen (secondary N) is 1. The van der Waals surface area contributed by atoms with Crippen molar-refractivity contribution in [2.45, 2.75) is 24.5 Å². The van der Waals surface area contributed by atoms with Crippen LogP contribution in [0.2, 0.25) is 0 Å². The molecule has 21 heavy (non-hydrogen) atoms. The van der Waals surface area contributed by atoms with Gasteiger partial charge >= 0.3 is 0 Å². The molecule has 3 N–H and O–H groups in total. The number of thiophene rings is 1. The van der Waals surface area contributed by atoms with Crippen molar-refractivity contribution in [3.05, 3.63) is 46.3 Å². The molecule has 0 radical (unpaired) electrons. The molecule has 0 fully saturated rings. The van der Waals surface area contributed by atoms with Crippen LogP contribution in [0.3, 0.4) is 0 Å². The molecule has 0 aliphatic carbocycles. The number of hydrogen-bond donors (Lipinski definition) is 2. The van der Waals surface area contributed by atoms with Crippen LogP contribution in [0.1, 0.15) is 27.7 Å². The third-order valence-electron chi connectivity index (χ3n) is 3.09. The van der Waals surface area contributed by atoms with Crippen molar-refractivity contribution in [2.24, 2.45) is 5.73 Å². The summed E-state index contributed by atoms with van der Waals surface area (Å²) >= 11 is 1.23. The van der Waals surface area contributed by atoms with Gasteiger partial charge in [0.05, 0.1) is 5.69 Å². The highest BCUT2D eigenvalue weighted by atomic mass is 32.2. The molecule has 1 aromatic carbocycles. The summed E-state index contributed by atoms with van der Waals surface area (Å²) < 4.78 is 27.5. The SMILES string of the molecule is CCc1ccc(S(=O)(=O)Nc2cccc(C(N)=O)c2C)s1. The van der Waals surface area contributed by atoms with E-state index in [0.29, 0.717) is 16.8 Å². The third kappa shape index (κ3) is 3.25. The lowest BCUT2D eigenvalue weighted by atomic mass is 10.1. The van der Waals surface area contributed by atoms with E-state index in [4.69, 9.17) is 5.73 Å².